The fraction of sp³-hybridized carbons (Fsp3) is 0.786. The van der Waals surface area contributed by atoms with Crippen LogP contribution in [0, 0.1) is 5.92 Å². The zero-order valence-corrected chi connectivity index (χ0v) is 12.2. The van der Waals surface area contributed by atoms with Gasteiger partial charge in [0.2, 0.25) is 5.92 Å². The smallest absolute Gasteiger partial charge is 0.248 e. The highest BCUT2D eigenvalue weighted by atomic mass is 32.1. The molecular formula is C14H20F2N2OS. The number of anilines is 1. The Morgan fingerprint density at radius 1 is 1.30 bits per heavy atom. The molecule has 0 aromatic carbocycles. The van der Waals surface area contributed by atoms with Crippen molar-refractivity contribution < 1.29 is 13.5 Å². The number of alkyl halides is 2. The molecule has 0 bridgehead atoms. The number of aryl methyl sites for hydroxylation is 1. The lowest BCUT2D eigenvalue weighted by atomic mass is 9.87. The number of hydrogen-bond donors (Lipinski definition) is 1. The molecule has 0 saturated heterocycles. The van der Waals surface area contributed by atoms with Gasteiger partial charge in [-0.15, -0.1) is 11.3 Å². The molecule has 2 aliphatic carbocycles. The van der Waals surface area contributed by atoms with Crippen LogP contribution in [0.2, 0.25) is 0 Å². The minimum atomic E-state index is -2.45. The number of nitrogens with two attached hydrogens (primary N) is 1. The number of hydrogen-bond acceptors (Lipinski definition) is 4. The molecule has 1 heterocycles. The fourth-order valence-corrected chi connectivity index (χ4v) is 3.99. The van der Waals surface area contributed by atoms with E-state index in [1.54, 1.807) is 11.3 Å². The minimum Gasteiger partial charge on any atom is -0.378 e. The Bertz CT molecular complexity index is 468. The van der Waals surface area contributed by atoms with Crippen LogP contribution >= 0.6 is 11.3 Å². The average molecular weight is 302 g/mol. The number of nitrogens with zero attached hydrogens (tertiary/aromatic N) is 1. The van der Waals surface area contributed by atoms with Crippen molar-refractivity contribution in [3.05, 3.63) is 10.6 Å². The first-order valence-corrected chi connectivity index (χ1v) is 8.07. The predicted octanol–water partition coefficient (Wildman–Crippen LogP) is 3.42. The molecule has 2 N–H and O–H groups in total. The third kappa shape index (κ3) is 3.28. The standard InChI is InChI=1S/C14H20F2N2OS/c15-14(16)5-3-9(4-6-14)8-19-10-1-2-11-12(7-10)20-13(17)18-11/h9-10H,1-8H2,(H2,17,18). The lowest BCUT2D eigenvalue weighted by Crippen LogP contribution is -2.29. The van der Waals surface area contributed by atoms with Gasteiger partial charge >= 0.3 is 0 Å². The summed E-state index contributed by atoms with van der Waals surface area (Å²) in [5, 5.41) is 0.630. The van der Waals surface area contributed by atoms with E-state index in [1.807, 2.05) is 0 Å². The van der Waals surface area contributed by atoms with Crippen LogP contribution in [0.25, 0.3) is 0 Å². The summed E-state index contributed by atoms with van der Waals surface area (Å²) in [7, 11) is 0. The van der Waals surface area contributed by atoms with Gasteiger partial charge in [-0.1, -0.05) is 0 Å². The van der Waals surface area contributed by atoms with Crippen LogP contribution in [0.3, 0.4) is 0 Å². The SMILES string of the molecule is Nc1nc2c(s1)CC(OCC1CCC(F)(F)CC1)CC2. The van der Waals surface area contributed by atoms with E-state index in [-0.39, 0.29) is 18.9 Å². The number of ether oxygens (including phenoxy) is 1. The molecule has 0 amide bonds. The zero-order valence-electron chi connectivity index (χ0n) is 11.4. The summed E-state index contributed by atoms with van der Waals surface area (Å²) in [6.45, 7) is 0.615. The number of thiazole rings is 1. The van der Waals surface area contributed by atoms with Crippen molar-refractivity contribution >= 4 is 16.5 Å². The van der Waals surface area contributed by atoms with Crippen LogP contribution in [0.1, 0.15) is 42.7 Å². The zero-order chi connectivity index (χ0) is 14.2. The molecule has 0 spiro atoms. The quantitative estimate of drug-likeness (QED) is 0.930. The van der Waals surface area contributed by atoms with Gasteiger partial charge in [-0.25, -0.2) is 13.8 Å². The molecule has 1 aromatic heterocycles. The molecule has 0 radical (unpaired) electrons. The van der Waals surface area contributed by atoms with Gasteiger partial charge in [0.15, 0.2) is 5.13 Å². The Balaban J connectivity index is 1.46. The Morgan fingerprint density at radius 2 is 2.05 bits per heavy atom. The van der Waals surface area contributed by atoms with E-state index >= 15 is 0 Å². The van der Waals surface area contributed by atoms with Gasteiger partial charge in [-0.05, 0) is 31.6 Å². The first-order valence-electron chi connectivity index (χ1n) is 7.25. The van der Waals surface area contributed by atoms with E-state index in [2.05, 4.69) is 4.98 Å². The number of aromatic nitrogens is 1. The monoisotopic (exact) mass is 302 g/mol. The van der Waals surface area contributed by atoms with E-state index in [0.29, 0.717) is 30.5 Å². The first kappa shape index (κ1) is 14.2. The number of nitrogen functional groups attached to an aromatic ring is 1. The van der Waals surface area contributed by atoms with Crippen molar-refractivity contribution in [2.45, 2.75) is 57.0 Å². The van der Waals surface area contributed by atoms with Crippen LogP contribution < -0.4 is 5.73 Å². The van der Waals surface area contributed by atoms with Crippen molar-refractivity contribution in [2.24, 2.45) is 5.92 Å². The second kappa shape index (κ2) is 5.56. The Hall–Kier alpha value is -0.750. The lowest BCUT2D eigenvalue weighted by Gasteiger charge is -2.30. The maximum atomic E-state index is 13.1. The number of rotatable bonds is 3. The van der Waals surface area contributed by atoms with E-state index in [4.69, 9.17) is 10.5 Å². The van der Waals surface area contributed by atoms with Crippen molar-refractivity contribution in [3.8, 4) is 0 Å². The van der Waals surface area contributed by atoms with Gasteiger partial charge in [0.1, 0.15) is 0 Å². The van der Waals surface area contributed by atoms with E-state index in [1.165, 1.54) is 4.88 Å². The number of fused-ring (bicyclic) bond motifs is 1. The normalized spacial score (nSPS) is 26.4. The number of halogens is 2. The summed E-state index contributed by atoms with van der Waals surface area (Å²) in [6.07, 6.45) is 4.13. The third-order valence-electron chi connectivity index (χ3n) is 4.32. The van der Waals surface area contributed by atoms with Crippen LogP contribution in [0.4, 0.5) is 13.9 Å². The van der Waals surface area contributed by atoms with E-state index < -0.39 is 5.92 Å². The van der Waals surface area contributed by atoms with Gasteiger partial charge < -0.3 is 10.5 Å². The van der Waals surface area contributed by atoms with E-state index in [0.717, 1.165) is 25.0 Å². The van der Waals surface area contributed by atoms with Crippen molar-refractivity contribution in [3.63, 3.8) is 0 Å². The molecular weight excluding hydrogens is 282 g/mol. The molecule has 1 unspecified atom stereocenters. The molecule has 3 rings (SSSR count). The summed E-state index contributed by atoms with van der Waals surface area (Å²) >= 11 is 1.54. The van der Waals surface area contributed by atoms with Gasteiger partial charge in [-0.2, -0.15) is 0 Å². The lowest BCUT2D eigenvalue weighted by molar-refractivity contribution is -0.0634. The largest absolute Gasteiger partial charge is 0.378 e. The van der Waals surface area contributed by atoms with Gasteiger partial charge in [0, 0.05) is 30.7 Å². The fourth-order valence-electron chi connectivity index (χ4n) is 3.05. The van der Waals surface area contributed by atoms with Crippen LogP contribution in [-0.2, 0) is 17.6 Å². The molecule has 6 heteroatoms. The van der Waals surface area contributed by atoms with Gasteiger partial charge in [0.05, 0.1) is 11.8 Å². The summed E-state index contributed by atoms with van der Waals surface area (Å²) in [5.41, 5.74) is 6.83. The van der Waals surface area contributed by atoms with Crippen molar-refractivity contribution in [1.82, 2.24) is 4.98 Å². The van der Waals surface area contributed by atoms with Gasteiger partial charge in [0.25, 0.3) is 0 Å². The maximum absolute atomic E-state index is 13.1. The van der Waals surface area contributed by atoms with Crippen molar-refractivity contribution in [1.29, 1.82) is 0 Å². The second-order valence-electron chi connectivity index (χ2n) is 5.92. The summed E-state index contributed by atoms with van der Waals surface area (Å²) in [5.74, 6) is -2.15. The molecule has 1 saturated carbocycles. The highest BCUT2D eigenvalue weighted by molar-refractivity contribution is 7.15. The maximum Gasteiger partial charge on any atom is 0.248 e. The summed E-state index contributed by atoms with van der Waals surface area (Å²) < 4.78 is 32.1. The molecule has 1 fully saturated rings. The third-order valence-corrected chi connectivity index (χ3v) is 5.26. The molecule has 3 nitrogen and oxygen atoms in total. The van der Waals surface area contributed by atoms with Crippen LogP contribution in [-0.4, -0.2) is 23.6 Å². The highest BCUT2D eigenvalue weighted by Gasteiger charge is 2.35. The average Bonchev–Trinajstić information content (AvgIpc) is 2.77. The van der Waals surface area contributed by atoms with Crippen LogP contribution in [0.15, 0.2) is 0 Å². The Kier molecular flexibility index (Phi) is 3.95. The molecule has 20 heavy (non-hydrogen) atoms. The Labute approximate surface area is 121 Å². The molecule has 2 aliphatic rings. The van der Waals surface area contributed by atoms with Crippen molar-refractivity contribution in [2.75, 3.05) is 12.3 Å². The molecule has 0 aliphatic heterocycles. The van der Waals surface area contributed by atoms with Gasteiger partial charge in [-0.3, -0.25) is 0 Å². The topological polar surface area (TPSA) is 48.1 Å². The minimum absolute atomic E-state index is 0.0151. The molecule has 1 atom stereocenters. The summed E-state index contributed by atoms with van der Waals surface area (Å²) in [6, 6.07) is 0. The second-order valence-corrected chi connectivity index (χ2v) is 7.03. The first-order chi connectivity index (χ1) is 9.52. The highest BCUT2D eigenvalue weighted by Crippen LogP contribution is 2.37. The summed E-state index contributed by atoms with van der Waals surface area (Å²) in [4.78, 5) is 5.54. The molecule has 112 valence electrons. The van der Waals surface area contributed by atoms with E-state index in [9.17, 15) is 8.78 Å². The van der Waals surface area contributed by atoms with Crippen LogP contribution in [0.5, 0.6) is 0 Å². The predicted molar refractivity (Wildman–Crippen MR) is 75.2 cm³/mol. The molecule has 1 aromatic rings. The Morgan fingerprint density at radius 3 is 2.80 bits per heavy atom.